The number of ether oxygens (including phenoxy) is 2. The first-order valence-corrected chi connectivity index (χ1v) is 7.44. The smallest absolute Gasteiger partial charge is 0.314 e. The van der Waals surface area contributed by atoms with E-state index in [1.807, 2.05) is 0 Å². The second kappa shape index (κ2) is 5.66. The number of hydrogen-bond donors (Lipinski definition) is 0. The molecule has 124 valence electrons. The van der Waals surface area contributed by atoms with Gasteiger partial charge in [0.15, 0.2) is 0 Å². The fourth-order valence-corrected chi connectivity index (χ4v) is 2.39. The van der Waals surface area contributed by atoms with Gasteiger partial charge in [0.05, 0.1) is 5.92 Å². The average molecular weight is 312 g/mol. The van der Waals surface area contributed by atoms with Gasteiger partial charge in [0.1, 0.15) is 29.3 Å². The number of carbonyl (C=O) groups excluding carboxylic acids is 2. The van der Waals surface area contributed by atoms with E-state index in [4.69, 9.17) is 19.2 Å². The van der Waals surface area contributed by atoms with Crippen LogP contribution in [0.3, 0.4) is 0 Å². The highest BCUT2D eigenvalue weighted by molar-refractivity contribution is 5.85. The maximum absolute atomic E-state index is 12.5. The van der Waals surface area contributed by atoms with E-state index in [2.05, 4.69) is 0 Å². The highest BCUT2D eigenvalue weighted by atomic mass is 17.2. The quantitative estimate of drug-likeness (QED) is 0.442. The molecule has 22 heavy (non-hydrogen) atoms. The van der Waals surface area contributed by atoms with Crippen molar-refractivity contribution in [2.45, 2.75) is 65.0 Å². The molecule has 0 aromatic heterocycles. The first-order chi connectivity index (χ1) is 9.98. The molecule has 0 aromatic rings. The first-order valence-electron chi connectivity index (χ1n) is 7.44. The molecule has 0 spiro atoms. The minimum Gasteiger partial charge on any atom is -0.460 e. The number of carbonyl (C=O) groups is 2. The van der Waals surface area contributed by atoms with E-state index in [1.54, 1.807) is 53.7 Å². The highest BCUT2D eigenvalue weighted by Gasteiger charge is 2.53. The minimum atomic E-state index is -0.766. The van der Waals surface area contributed by atoms with Crippen LogP contribution in [0.4, 0.5) is 0 Å². The van der Waals surface area contributed by atoms with Crippen molar-refractivity contribution in [1.82, 2.24) is 0 Å². The molecule has 2 rings (SSSR count). The molecule has 1 heterocycles. The molecule has 0 amide bonds. The van der Waals surface area contributed by atoms with Crippen molar-refractivity contribution in [3.63, 3.8) is 0 Å². The molecule has 1 saturated heterocycles. The fourth-order valence-electron chi connectivity index (χ4n) is 2.39. The van der Waals surface area contributed by atoms with Gasteiger partial charge >= 0.3 is 11.9 Å². The largest absolute Gasteiger partial charge is 0.460 e. The normalized spacial score (nSPS) is 31.0. The van der Waals surface area contributed by atoms with Gasteiger partial charge in [-0.3, -0.25) is 9.59 Å². The Bertz CT molecular complexity index is 482. The van der Waals surface area contributed by atoms with Crippen LogP contribution in [0.15, 0.2) is 12.2 Å². The molecular weight excluding hydrogens is 288 g/mol. The van der Waals surface area contributed by atoms with Crippen molar-refractivity contribution in [2.75, 3.05) is 0 Å². The summed E-state index contributed by atoms with van der Waals surface area (Å²) >= 11 is 0. The third kappa shape index (κ3) is 3.87. The minimum absolute atomic E-state index is 0.323. The van der Waals surface area contributed by atoms with Crippen LogP contribution in [0, 0.1) is 11.8 Å². The molecule has 0 saturated carbocycles. The molecule has 0 N–H and O–H groups in total. The third-order valence-corrected chi connectivity index (χ3v) is 3.21. The summed E-state index contributed by atoms with van der Waals surface area (Å²) < 4.78 is 10.8. The fraction of sp³-hybridized carbons (Fsp3) is 0.750. The molecular formula is C16H24O6. The molecule has 0 bridgehead atoms. The Kier molecular flexibility index (Phi) is 4.37. The lowest BCUT2D eigenvalue weighted by atomic mass is 9.79. The number of hydrogen-bond acceptors (Lipinski definition) is 6. The van der Waals surface area contributed by atoms with E-state index < -0.39 is 41.1 Å². The lowest BCUT2D eigenvalue weighted by Crippen LogP contribution is -2.56. The lowest BCUT2D eigenvalue weighted by molar-refractivity contribution is -0.462. The molecule has 1 aliphatic heterocycles. The van der Waals surface area contributed by atoms with Crippen LogP contribution in [0.1, 0.15) is 41.5 Å². The van der Waals surface area contributed by atoms with Crippen molar-refractivity contribution >= 4 is 11.9 Å². The van der Waals surface area contributed by atoms with E-state index in [9.17, 15) is 9.59 Å². The zero-order valence-electron chi connectivity index (χ0n) is 13.9. The molecule has 2 aliphatic rings. The summed E-state index contributed by atoms with van der Waals surface area (Å²) in [6, 6.07) is 0. The maximum Gasteiger partial charge on any atom is 0.314 e. The Morgan fingerprint density at radius 2 is 1.41 bits per heavy atom. The summed E-state index contributed by atoms with van der Waals surface area (Å²) in [6.45, 7) is 10.7. The van der Waals surface area contributed by atoms with Crippen molar-refractivity contribution in [3.05, 3.63) is 12.2 Å². The van der Waals surface area contributed by atoms with Gasteiger partial charge in [0.2, 0.25) is 0 Å². The summed E-state index contributed by atoms with van der Waals surface area (Å²) in [4.78, 5) is 34.8. The van der Waals surface area contributed by atoms with Crippen molar-refractivity contribution in [1.29, 1.82) is 0 Å². The van der Waals surface area contributed by atoms with E-state index in [0.29, 0.717) is 0 Å². The SMILES string of the molecule is CC(C)(C)OC(=O)C1C=CC2OOC2C1C(=O)OC(C)(C)C. The number of esters is 2. The van der Waals surface area contributed by atoms with Gasteiger partial charge in [-0.25, -0.2) is 9.78 Å². The van der Waals surface area contributed by atoms with Crippen LogP contribution < -0.4 is 0 Å². The van der Waals surface area contributed by atoms with Crippen LogP contribution in [-0.2, 0) is 28.8 Å². The first kappa shape index (κ1) is 17.0. The van der Waals surface area contributed by atoms with Gasteiger partial charge < -0.3 is 9.47 Å². The molecule has 4 atom stereocenters. The second-order valence-electron chi connectivity index (χ2n) is 7.63. The van der Waals surface area contributed by atoms with E-state index in [0.717, 1.165) is 0 Å². The molecule has 0 aromatic carbocycles. The van der Waals surface area contributed by atoms with Gasteiger partial charge in [-0.1, -0.05) is 12.2 Å². The molecule has 6 nitrogen and oxygen atoms in total. The van der Waals surface area contributed by atoms with E-state index in [-0.39, 0.29) is 6.10 Å². The van der Waals surface area contributed by atoms with Gasteiger partial charge in [-0.15, -0.1) is 0 Å². The van der Waals surface area contributed by atoms with E-state index in [1.165, 1.54) is 0 Å². The Balaban J connectivity index is 2.20. The van der Waals surface area contributed by atoms with Crippen LogP contribution in [0.25, 0.3) is 0 Å². The summed E-state index contributed by atoms with van der Waals surface area (Å²) in [5.41, 5.74) is -1.27. The second-order valence-corrected chi connectivity index (χ2v) is 7.63. The van der Waals surface area contributed by atoms with Crippen molar-refractivity contribution in [3.8, 4) is 0 Å². The predicted molar refractivity (Wildman–Crippen MR) is 77.6 cm³/mol. The Morgan fingerprint density at radius 1 is 0.864 bits per heavy atom. The van der Waals surface area contributed by atoms with Crippen molar-refractivity contribution in [2.24, 2.45) is 11.8 Å². The molecule has 1 fully saturated rings. The summed E-state index contributed by atoms with van der Waals surface area (Å²) in [6.07, 6.45) is 2.53. The number of fused-ring (bicyclic) bond motifs is 1. The topological polar surface area (TPSA) is 71.1 Å². The van der Waals surface area contributed by atoms with Crippen LogP contribution in [0.2, 0.25) is 0 Å². The highest BCUT2D eigenvalue weighted by Crippen LogP contribution is 2.38. The average Bonchev–Trinajstić information content (AvgIpc) is 2.25. The van der Waals surface area contributed by atoms with Crippen LogP contribution in [-0.4, -0.2) is 35.3 Å². The molecule has 6 heteroatoms. The zero-order valence-corrected chi connectivity index (χ0v) is 13.9. The Hall–Kier alpha value is -1.40. The standard InChI is InChI=1S/C16H24O6/c1-15(2,3)19-13(17)9-7-8-10-12(22-21-10)11(9)14(18)20-16(4,5)6/h7-12H,1-6H3. The van der Waals surface area contributed by atoms with E-state index >= 15 is 0 Å². The van der Waals surface area contributed by atoms with Crippen LogP contribution in [0.5, 0.6) is 0 Å². The molecule has 1 aliphatic carbocycles. The summed E-state index contributed by atoms with van der Waals surface area (Å²) in [5, 5.41) is 0. The summed E-state index contributed by atoms with van der Waals surface area (Å²) in [7, 11) is 0. The lowest BCUT2D eigenvalue weighted by Gasteiger charge is -2.42. The summed E-state index contributed by atoms with van der Waals surface area (Å²) in [5.74, 6) is -2.45. The third-order valence-electron chi connectivity index (χ3n) is 3.21. The Labute approximate surface area is 130 Å². The van der Waals surface area contributed by atoms with Gasteiger partial charge in [0, 0.05) is 0 Å². The van der Waals surface area contributed by atoms with Gasteiger partial charge in [-0.05, 0) is 41.5 Å². The monoisotopic (exact) mass is 312 g/mol. The Morgan fingerprint density at radius 3 is 1.86 bits per heavy atom. The predicted octanol–water partition coefficient (Wildman–Crippen LogP) is 2.17. The van der Waals surface area contributed by atoms with Gasteiger partial charge in [0.25, 0.3) is 0 Å². The van der Waals surface area contributed by atoms with Gasteiger partial charge in [-0.2, -0.15) is 0 Å². The van der Waals surface area contributed by atoms with Crippen LogP contribution >= 0.6 is 0 Å². The number of rotatable bonds is 2. The van der Waals surface area contributed by atoms with Crippen molar-refractivity contribution < 1.29 is 28.8 Å². The molecule has 0 radical (unpaired) electrons. The zero-order chi connectivity index (χ0) is 16.7. The maximum atomic E-state index is 12.5. The molecule has 4 unspecified atom stereocenters.